The number of hydrogen-bond acceptors (Lipinski definition) is 3. The quantitative estimate of drug-likeness (QED) is 0.741. The Morgan fingerprint density at radius 1 is 1.12 bits per heavy atom. The molecule has 100 valence electrons. The molecule has 0 aliphatic carbocycles. The van der Waals surface area contributed by atoms with E-state index in [9.17, 15) is 0 Å². The molecule has 2 N–H and O–H groups in total. The van der Waals surface area contributed by atoms with Crippen LogP contribution in [0.15, 0.2) is 0 Å². The molecule has 17 heavy (non-hydrogen) atoms. The number of nitrogens with two attached hydrogens (primary N) is 1. The second-order valence-corrected chi connectivity index (χ2v) is 6.22. The second kappa shape index (κ2) is 6.17. The molecule has 2 atom stereocenters. The third-order valence-electron chi connectivity index (χ3n) is 4.43. The third-order valence-corrected chi connectivity index (χ3v) is 4.43. The van der Waals surface area contributed by atoms with Crippen LogP contribution in [0, 0.1) is 0 Å². The zero-order chi connectivity index (χ0) is 12.3. The number of hydrogen-bond donors (Lipinski definition) is 1. The monoisotopic (exact) mass is 239 g/mol. The maximum absolute atomic E-state index is 6.15. The van der Waals surface area contributed by atoms with Gasteiger partial charge in [0.25, 0.3) is 0 Å². The van der Waals surface area contributed by atoms with E-state index in [1.807, 2.05) is 0 Å². The number of nitrogens with zero attached hydrogens (tertiary/aromatic N) is 2. The summed E-state index contributed by atoms with van der Waals surface area (Å²) in [6.07, 6.45) is 9.36. The molecule has 2 bridgehead atoms. The lowest BCUT2D eigenvalue weighted by atomic mass is 9.82. The fraction of sp³-hybridized carbons (Fsp3) is 1.00. The number of rotatable bonds is 5. The minimum atomic E-state index is 0.475. The molecule has 2 aliphatic rings. The van der Waals surface area contributed by atoms with Crippen molar-refractivity contribution in [2.75, 3.05) is 27.2 Å². The first kappa shape index (κ1) is 13.3. The summed E-state index contributed by atoms with van der Waals surface area (Å²) in [7, 11) is 4.32. The van der Waals surface area contributed by atoms with E-state index < -0.39 is 0 Å². The molecule has 0 spiro atoms. The molecule has 2 saturated heterocycles. The fourth-order valence-electron chi connectivity index (χ4n) is 3.61. The molecule has 2 aliphatic heterocycles. The van der Waals surface area contributed by atoms with Gasteiger partial charge < -0.3 is 10.6 Å². The van der Waals surface area contributed by atoms with Gasteiger partial charge in [-0.1, -0.05) is 6.42 Å². The van der Waals surface area contributed by atoms with Crippen LogP contribution in [0.4, 0.5) is 0 Å². The van der Waals surface area contributed by atoms with Crippen molar-refractivity contribution in [3.8, 4) is 0 Å². The molecule has 0 aromatic heterocycles. The lowest BCUT2D eigenvalue weighted by molar-refractivity contribution is 0.0300. The van der Waals surface area contributed by atoms with Gasteiger partial charge in [0.1, 0.15) is 0 Å². The molecule has 0 radical (unpaired) electrons. The first-order valence-corrected chi connectivity index (χ1v) is 7.33. The Hall–Kier alpha value is -0.120. The average molecular weight is 239 g/mol. The number of piperidine rings is 2. The van der Waals surface area contributed by atoms with Crippen LogP contribution < -0.4 is 5.73 Å². The molecule has 2 rings (SSSR count). The second-order valence-electron chi connectivity index (χ2n) is 6.22. The lowest BCUT2D eigenvalue weighted by Gasteiger charge is -2.48. The zero-order valence-corrected chi connectivity index (χ0v) is 11.6. The van der Waals surface area contributed by atoms with E-state index in [1.54, 1.807) is 0 Å². The first-order chi connectivity index (χ1) is 8.16. The molecule has 2 unspecified atom stereocenters. The summed E-state index contributed by atoms with van der Waals surface area (Å²) in [5.41, 5.74) is 6.15. The highest BCUT2D eigenvalue weighted by atomic mass is 15.2. The number of unbranched alkanes of at least 4 members (excludes halogenated alkanes) is 1. The predicted molar refractivity (Wildman–Crippen MR) is 73.1 cm³/mol. The van der Waals surface area contributed by atoms with Crippen molar-refractivity contribution < 1.29 is 0 Å². The summed E-state index contributed by atoms with van der Waals surface area (Å²) in [5, 5.41) is 0. The van der Waals surface area contributed by atoms with E-state index in [-0.39, 0.29) is 0 Å². The Kier molecular flexibility index (Phi) is 4.83. The molecule has 0 saturated carbocycles. The van der Waals surface area contributed by atoms with Crippen LogP contribution >= 0.6 is 0 Å². The summed E-state index contributed by atoms with van der Waals surface area (Å²) in [4.78, 5) is 5.06. The van der Waals surface area contributed by atoms with Crippen molar-refractivity contribution in [2.24, 2.45) is 5.73 Å². The first-order valence-electron chi connectivity index (χ1n) is 7.33. The van der Waals surface area contributed by atoms with Crippen molar-refractivity contribution in [3.63, 3.8) is 0 Å². The Labute approximate surface area is 106 Å². The van der Waals surface area contributed by atoms with Crippen molar-refractivity contribution in [2.45, 2.75) is 63.1 Å². The minimum Gasteiger partial charge on any atom is -0.328 e. The average Bonchev–Trinajstić information content (AvgIpc) is 2.24. The molecule has 2 fully saturated rings. The SMILES string of the molecule is CN(C)CCCCN1C2CCCC1CC(N)C2. The van der Waals surface area contributed by atoms with Crippen LogP contribution in [0.2, 0.25) is 0 Å². The summed E-state index contributed by atoms with van der Waals surface area (Å²) in [6, 6.07) is 2.08. The summed E-state index contributed by atoms with van der Waals surface area (Å²) >= 11 is 0. The Morgan fingerprint density at radius 2 is 1.76 bits per heavy atom. The van der Waals surface area contributed by atoms with Crippen LogP contribution in [0.1, 0.15) is 44.9 Å². The summed E-state index contributed by atoms with van der Waals surface area (Å²) in [6.45, 7) is 2.53. The van der Waals surface area contributed by atoms with Gasteiger partial charge in [-0.15, -0.1) is 0 Å². The standard InChI is InChI=1S/C14H29N3/c1-16(2)8-3-4-9-17-13-6-5-7-14(17)11-12(15)10-13/h12-14H,3-11,15H2,1-2H3. The van der Waals surface area contributed by atoms with E-state index >= 15 is 0 Å². The van der Waals surface area contributed by atoms with Crippen molar-refractivity contribution in [1.29, 1.82) is 0 Å². The van der Waals surface area contributed by atoms with E-state index in [1.165, 1.54) is 58.0 Å². The van der Waals surface area contributed by atoms with E-state index in [4.69, 9.17) is 5.73 Å². The van der Waals surface area contributed by atoms with Crippen molar-refractivity contribution in [1.82, 2.24) is 9.80 Å². The van der Waals surface area contributed by atoms with Crippen LogP contribution in [-0.4, -0.2) is 55.1 Å². The largest absolute Gasteiger partial charge is 0.328 e. The molecule has 3 heteroatoms. The Bertz CT molecular complexity index is 216. The molecule has 0 aromatic carbocycles. The van der Waals surface area contributed by atoms with Gasteiger partial charge in [-0.05, 0) is 65.7 Å². The van der Waals surface area contributed by atoms with Crippen molar-refractivity contribution >= 4 is 0 Å². The van der Waals surface area contributed by atoms with Gasteiger partial charge in [0.05, 0.1) is 0 Å². The fourth-order valence-corrected chi connectivity index (χ4v) is 3.61. The Balaban J connectivity index is 1.75. The van der Waals surface area contributed by atoms with E-state index in [2.05, 4.69) is 23.9 Å². The van der Waals surface area contributed by atoms with E-state index in [0.29, 0.717) is 6.04 Å². The maximum atomic E-state index is 6.15. The highest BCUT2D eigenvalue weighted by molar-refractivity contribution is 4.93. The molecule has 3 nitrogen and oxygen atoms in total. The lowest BCUT2D eigenvalue weighted by Crippen LogP contribution is -2.55. The van der Waals surface area contributed by atoms with Gasteiger partial charge in [-0.2, -0.15) is 0 Å². The van der Waals surface area contributed by atoms with Gasteiger partial charge in [-0.3, -0.25) is 4.90 Å². The third kappa shape index (κ3) is 3.67. The van der Waals surface area contributed by atoms with Crippen LogP contribution in [0.5, 0.6) is 0 Å². The smallest absolute Gasteiger partial charge is 0.0113 e. The van der Waals surface area contributed by atoms with Crippen LogP contribution in [0.25, 0.3) is 0 Å². The maximum Gasteiger partial charge on any atom is 0.0113 e. The van der Waals surface area contributed by atoms with Crippen LogP contribution in [0.3, 0.4) is 0 Å². The molecular weight excluding hydrogens is 210 g/mol. The van der Waals surface area contributed by atoms with Gasteiger partial charge in [0, 0.05) is 18.1 Å². The molecular formula is C14H29N3. The van der Waals surface area contributed by atoms with Gasteiger partial charge in [0.2, 0.25) is 0 Å². The highest BCUT2D eigenvalue weighted by Gasteiger charge is 2.36. The van der Waals surface area contributed by atoms with Gasteiger partial charge >= 0.3 is 0 Å². The Morgan fingerprint density at radius 3 is 2.35 bits per heavy atom. The zero-order valence-electron chi connectivity index (χ0n) is 11.6. The molecule has 0 amide bonds. The number of fused-ring (bicyclic) bond motifs is 2. The van der Waals surface area contributed by atoms with Gasteiger partial charge in [0.15, 0.2) is 0 Å². The normalized spacial score (nSPS) is 34.2. The predicted octanol–water partition coefficient (Wildman–Crippen LogP) is 1.67. The molecule has 2 heterocycles. The topological polar surface area (TPSA) is 32.5 Å². The minimum absolute atomic E-state index is 0.475. The highest BCUT2D eigenvalue weighted by Crippen LogP contribution is 2.33. The van der Waals surface area contributed by atoms with E-state index in [0.717, 1.165) is 12.1 Å². The summed E-state index contributed by atoms with van der Waals surface area (Å²) < 4.78 is 0. The van der Waals surface area contributed by atoms with Crippen molar-refractivity contribution in [3.05, 3.63) is 0 Å². The summed E-state index contributed by atoms with van der Waals surface area (Å²) in [5.74, 6) is 0. The molecule has 0 aromatic rings. The van der Waals surface area contributed by atoms with Gasteiger partial charge in [-0.25, -0.2) is 0 Å². The van der Waals surface area contributed by atoms with Crippen LogP contribution in [-0.2, 0) is 0 Å².